The average Bonchev–Trinajstić information content (AvgIpc) is 2.10. The Morgan fingerprint density at radius 3 is 1.91 bits per heavy atom. The third kappa shape index (κ3) is 9.88. The standard InChI is InChI=1S/C6H15NO2.C2H6/c1-2-7-3-6(4-8)5-9;1-2/h6-9H,2-5H2,1H3;1-2H3. The van der Waals surface area contributed by atoms with Crippen molar-refractivity contribution in [1.29, 1.82) is 0 Å². The molecule has 0 radical (unpaired) electrons. The SMILES string of the molecule is CC.CCNCC(CO)CO. The highest BCUT2D eigenvalue weighted by Crippen LogP contribution is 1.88. The molecule has 3 nitrogen and oxygen atoms in total. The Labute approximate surface area is 69.4 Å². The first-order valence-corrected chi connectivity index (χ1v) is 4.27. The van der Waals surface area contributed by atoms with Crippen LogP contribution in [0.5, 0.6) is 0 Å². The Kier molecular flexibility index (Phi) is 15.4. The van der Waals surface area contributed by atoms with Crippen molar-refractivity contribution in [2.45, 2.75) is 20.8 Å². The Morgan fingerprint density at radius 2 is 1.64 bits per heavy atom. The van der Waals surface area contributed by atoms with Crippen LogP contribution in [-0.2, 0) is 0 Å². The highest BCUT2D eigenvalue weighted by atomic mass is 16.3. The summed E-state index contributed by atoms with van der Waals surface area (Å²) in [7, 11) is 0. The molecule has 0 aromatic carbocycles. The van der Waals surface area contributed by atoms with Gasteiger partial charge in [-0.3, -0.25) is 0 Å². The highest BCUT2D eigenvalue weighted by Gasteiger charge is 2.02. The molecule has 0 unspecified atom stereocenters. The van der Waals surface area contributed by atoms with E-state index in [1.807, 2.05) is 20.8 Å². The van der Waals surface area contributed by atoms with Gasteiger partial charge in [-0.05, 0) is 6.54 Å². The molecule has 0 atom stereocenters. The minimum absolute atomic E-state index is 0.00458. The second-order valence-electron chi connectivity index (χ2n) is 2.04. The average molecular weight is 163 g/mol. The third-order valence-electron chi connectivity index (χ3n) is 1.20. The van der Waals surface area contributed by atoms with Gasteiger partial charge in [0.15, 0.2) is 0 Å². The molecular formula is C8H21NO2. The summed E-state index contributed by atoms with van der Waals surface area (Å²) in [6.45, 7) is 7.69. The van der Waals surface area contributed by atoms with Gasteiger partial charge in [0.05, 0.1) is 0 Å². The zero-order valence-electron chi connectivity index (χ0n) is 7.80. The lowest BCUT2D eigenvalue weighted by molar-refractivity contribution is 0.149. The van der Waals surface area contributed by atoms with Gasteiger partial charge < -0.3 is 15.5 Å². The summed E-state index contributed by atoms with van der Waals surface area (Å²) < 4.78 is 0. The number of nitrogens with one attached hydrogen (secondary N) is 1. The van der Waals surface area contributed by atoms with Crippen LogP contribution in [0.15, 0.2) is 0 Å². The quantitative estimate of drug-likeness (QED) is 0.543. The molecule has 0 aliphatic heterocycles. The minimum atomic E-state index is 0.00458. The van der Waals surface area contributed by atoms with Crippen molar-refractivity contribution in [3.8, 4) is 0 Å². The van der Waals surface area contributed by atoms with Gasteiger partial charge in [-0.2, -0.15) is 0 Å². The number of aliphatic hydroxyl groups is 2. The van der Waals surface area contributed by atoms with Crippen LogP contribution >= 0.6 is 0 Å². The van der Waals surface area contributed by atoms with E-state index in [1.165, 1.54) is 0 Å². The van der Waals surface area contributed by atoms with Crippen molar-refractivity contribution in [3.05, 3.63) is 0 Å². The lowest BCUT2D eigenvalue weighted by Gasteiger charge is -2.09. The van der Waals surface area contributed by atoms with Crippen molar-refractivity contribution >= 4 is 0 Å². The normalized spacial score (nSPS) is 9.27. The fraction of sp³-hybridized carbons (Fsp3) is 1.00. The number of aliphatic hydroxyl groups excluding tert-OH is 2. The van der Waals surface area contributed by atoms with Crippen LogP contribution in [-0.4, -0.2) is 36.5 Å². The maximum atomic E-state index is 8.55. The number of hydrogen-bond acceptors (Lipinski definition) is 3. The van der Waals surface area contributed by atoms with Gasteiger partial charge in [-0.15, -0.1) is 0 Å². The van der Waals surface area contributed by atoms with E-state index >= 15 is 0 Å². The fourth-order valence-electron chi connectivity index (χ4n) is 0.535. The molecule has 0 aliphatic rings. The first kappa shape index (κ1) is 13.5. The zero-order chi connectivity index (χ0) is 9.11. The van der Waals surface area contributed by atoms with Crippen molar-refractivity contribution in [3.63, 3.8) is 0 Å². The van der Waals surface area contributed by atoms with Crippen LogP contribution in [0, 0.1) is 5.92 Å². The second-order valence-corrected chi connectivity index (χ2v) is 2.04. The fourth-order valence-corrected chi connectivity index (χ4v) is 0.535. The summed E-state index contributed by atoms with van der Waals surface area (Å²) in [4.78, 5) is 0. The molecule has 0 aromatic heterocycles. The predicted molar refractivity (Wildman–Crippen MR) is 47.6 cm³/mol. The lowest BCUT2D eigenvalue weighted by atomic mass is 10.2. The van der Waals surface area contributed by atoms with E-state index in [1.54, 1.807) is 0 Å². The molecule has 0 spiro atoms. The van der Waals surface area contributed by atoms with E-state index in [-0.39, 0.29) is 19.1 Å². The molecule has 0 amide bonds. The van der Waals surface area contributed by atoms with Crippen molar-refractivity contribution in [2.24, 2.45) is 5.92 Å². The molecule has 0 aromatic rings. The molecule has 0 fully saturated rings. The van der Waals surface area contributed by atoms with Gasteiger partial charge in [0.1, 0.15) is 0 Å². The Morgan fingerprint density at radius 1 is 1.18 bits per heavy atom. The van der Waals surface area contributed by atoms with Crippen LogP contribution in [0.4, 0.5) is 0 Å². The van der Waals surface area contributed by atoms with Crippen LogP contribution in [0.2, 0.25) is 0 Å². The summed E-state index contributed by atoms with van der Waals surface area (Å²) in [5.41, 5.74) is 0. The van der Waals surface area contributed by atoms with Gasteiger partial charge in [-0.25, -0.2) is 0 Å². The number of hydrogen-bond donors (Lipinski definition) is 3. The zero-order valence-corrected chi connectivity index (χ0v) is 7.80. The van der Waals surface area contributed by atoms with Crippen LogP contribution in [0.3, 0.4) is 0 Å². The molecule has 11 heavy (non-hydrogen) atoms. The van der Waals surface area contributed by atoms with Crippen LogP contribution in [0.25, 0.3) is 0 Å². The van der Waals surface area contributed by atoms with Gasteiger partial charge >= 0.3 is 0 Å². The first-order chi connectivity index (χ1) is 5.35. The van der Waals surface area contributed by atoms with E-state index in [0.717, 1.165) is 6.54 Å². The third-order valence-corrected chi connectivity index (χ3v) is 1.20. The summed E-state index contributed by atoms with van der Waals surface area (Å²) in [5.74, 6) is 0.00458. The van der Waals surface area contributed by atoms with Gasteiger partial charge in [0.25, 0.3) is 0 Å². The highest BCUT2D eigenvalue weighted by molar-refractivity contribution is 4.57. The number of rotatable bonds is 5. The smallest absolute Gasteiger partial charge is 0.0493 e. The largest absolute Gasteiger partial charge is 0.396 e. The Hall–Kier alpha value is -0.120. The van der Waals surface area contributed by atoms with E-state index < -0.39 is 0 Å². The van der Waals surface area contributed by atoms with Crippen LogP contribution < -0.4 is 5.32 Å². The molecule has 0 saturated carbocycles. The van der Waals surface area contributed by atoms with Gasteiger partial charge in [0, 0.05) is 25.7 Å². The Bertz CT molecular complexity index is 56.1. The molecule has 3 heteroatoms. The monoisotopic (exact) mass is 163 g/mol. The second kappa shape index (κ2) is 12.5. The molecule has 0 saturated heterocycles. The molecule has 70 valence electrons. The predicted octanol–water partition coefficient (Wildman–Crippen LogP) is 0.223. The van der Waals surface area contributed by atoms with Crippen molar-refractivity contribution in [2.75, 3.05) is 26.3 Å². The summed E-state index contributed by atoms with van der Waals surface area (Å²) in [5, 5.41) is 20.1. The summed E-state index contributed by atoms with van der Waals surface area (Å²) >= 11 is 0. The maximum Gasteiger partial charge on any atom is 0.0493 e. The molecule has 0 rings (SSSR count). The van der Waals surface area contributed by atoms with E-state index in [4.69, 9.17) is 10.2 Å². The Balaban J connectivity index is 0. The maximum absolute atomic E-state index is 8.55. The lowest BCUT2D eigenvalue weighted by Crippen LogP contribution is -2.27. The van der Waals surface area contributed by atoms with Gasteiger partial charge in [0.2, 0.25) is 0 Å². The molecule has 3 N–H and O–H groups in total. The molecule has 0 heterocycles. The van der Waals surface area contributed by atoms with E-state index in [9.17, 15) is 0 Å². The summed E-state index contributed by atoms with van der Waals surface area (Å²) in [6, 6.07) is 0. The molecule has 0 bridgehead atoms. The van der Waals surface area contributed by atoms with E-state index in [0.29, 0.717) is 6.54 Å². The van der Waals surface area contributed by atoms with Crippen molar-refractivity contribution in [1.82, 2.24) is 5.32 Å². The molecule has 0 aliphatic carbocycles. The minimum Gasteiger partial charge on any atom is -0.396 e. The van der Waals surface area contributed by atoms with Gasteiger partial charge in [-0.1, -0.05) is 20.8 Å². The topological polar surface area (TPSA) is 52.5 Å². The van der Waals surface area contributed by atoms with Crippen molar-refractivity contribution < 1.29 is 10.2 Å². The van der Waals surface area contributed by atoms with E-state index in [2.05, 4.69) is 5.32 Å². The summed E-state index contributed by atoms with van der Waals surface area (Å²) in [6.07, 6.45) is 0. The van der Waals surface area contributed by atoms with Crippen LogP contribution in [0.1, 0.15) is 20.8 Å². The molecular weight excluding hydrogens is 142 g/mol. The first-order valence-electron chi connectivity index (χ1n) is 4.27.